The third-order valence-electron chi connectivity index (χ3n) is 2.42. The minimum Gasteiger partial charge on any atom is -0.307 e. The number of hydrogen-bond acceptors (Lipinski definition) is 6. The highest BCUT2D eigenvalue weighted by molar-refractivity contribution is 6.33. The number of halogens is 1. The van der Waals surface area contributed by atoms with E-state index in [-0.39, 0.29) is 16.4 Å². The van der Waals surface area contributed by atoms with E-state index in [9.17, 15) is 19.7 Å². The lowest BCUT2D eigenvalue weighted by Gasteiger charge is -2.08. The van der Waals surface area contributed by atoms with Gasteiger partial charge in [-0.15, -0.1) is 0 Å². The number of H-pyrrole nitrogens is 1. The van der Waals surface area contributed by atoms with Crippen molar-refractivity contribution in [1.29, 1.82) is 0 Å². The van der Waals surface area contributed by atoms with Crippen molar-refractivity contribution in [3.63, 3.8) is 0 Å². The zero-order valence-corrected chi connectivity index (χ0v) is 11.0. The van der Waals surface area contributed by atoms with Crippen LogP contribution in [-0.2, 0) is 0 Å². The standard InChI is InChI=1S/C11H8ClN5O4/c12-7-4-2-1-3-6(7)10(18)16-15-9-8(17(20)21)11(19)14-5-13-9/h1-5H,(H,16,18)(H2,13,14,15,19). The number of carbonyl (C=O) groups excluding carboxylic acids is 1. The SMILES string of the molecule is O=C(NNc1nc[nH]c(=O)c1[N+](=O)[O-])c1ccccc1Cl. The zero-order valence-electron chi connectivity index (χ0n) is 10.3. The summed E-state index contributed by atoms with van der Waals surface area (Å²) in [6, 6.07) is 6.24. The number of benzene rings is 1. The Balaban J connectivity index is 2.20. The fraction of sp³-hybridized carbons (Fsp3) is 0. The molecule has 0 bridgehead atoms. The van der Waals surface area contributed by atoms with Gasteiger partial charge in [0.25, 0.3) is 5.91 Å². The van der Waals surface area contributed by atoms with Crippen molar-refractivity contribution in [2.24, 2.45) is 0 Å². The zero-order chi connectivity index (χ0) is 15.4. The number of rotatable bonds is 4. The minimum atomic E-state index is -0.940. The van der Waals surface area contributed by atoms with Crippen molar-refractivity contribution < 1.29 is 9.72 Å². The molecule has 1 aromatic carbocycles. The molecule has 0 saturated heterocycles. The van der Waals surface area contributed by atoms with E-state index in [2.05, 4.69) is 20.8 Å². The predicted molar refractivity (Wildman–Crippen MR) is 74.1 cm³/mol. The van der Waals surface area contributed by atoms with E-state index in [4.69, 9.17) is 11.6 Å². The maximum absolute atomic E-state index is 11.9. The number of amides is 1. The first-order chi connectivity index (χ1) is 10.0. The Hall–Kier alpha value is -2.94. The predicted octanol–water partition coefficient (Wildman–Crippen LogP) is 1.09. The number of aromatic nitrogens is 2. The molecular formula is C11H8ClN5O4. The van der Waals surface area contributed by atoms with Crippen molar-refractivity contribution >= 4 is 29.0 Å². The van der Waals surface area contributed by atoms with E-state index in [1.54, 1.807) is 12.1 Å². The largest absolute Gasteiger partial charge is 0.377 e. The summed E-state index contributed by atoms with van der Waals surface area (Å²) in [5.41, 5.74) is 2.83. The van der Waals surface area contributed by atoms with E-state index < -0.39 is 22.1 Å². The first-order valence-electron chi connectivity index (χ1n) is 5.53. The molecule has 0 spiro atoms. The van der Waals surface area contributed by atoms with Gasteiger partial charge in [0.1, 0.15) is 0 Å². The molecule has 108 valence electrons. The Labute approximate surface area is 122 Å². The number of nitro groups is 1. The minimum absolute atomic E-state index is 0.166. The van der Waals surface area contributed by atoms with Gasteiger partial charge in [-0.1, -0.05) is 23.7 Å². The Kier molecular flexibility index (Phi) is 4.14. The monoisotopic (exact) mass is 309 g/mol. The van der Waals surface area contributed by atoms with Crippen LogP contribution in [0.3, 0.4) is 0 Å². The van der Waals surface area contributed by atoms with Crippen LogP contribution in [0, 0.1) is 10.1 Å². The lowest BCUT2D eigenvalue weighted by Crippen LogP contribution is -2.31. The molecule has 3 N–H and O–H groups in total. The van der Waals surface area contributed by atoms with Crippen LogP contribution in [0.15, 0.2) is 35.4 Å². The summed E-state index contributed by atoms with van der Waals surface area (Å²) in [5.74, 6) is -1.01. The molecule has 0 atom stereocenters. The first-order valence-corrected chi connectivity index (χ1v) is 5.91. The van der Waals surface area contributed by atoms with Crippen LogP contribution in [-0.4, -0.2) is 20.8 Å². The van der Waals surface area contributed by atoms with Gasteiger partial charge < -0.3 is 4.98 Å². The summed E-state index contributed by atoms with van der Waals surface area (Å²) < 4.78 is 0. The van der Waals surface area contributed by atoms with Crippen LogP contribution >= 0.6 is 11.6 Å². The molecular weight excluding hydrogens is 302 g/mol. The van der Waals surface area contributed by atoms with Gasteiger partial charge >= 0.3 is 11.2 Å². The third-order valence-corrected chi connectivity index (χ3v) is 2.75. The number of nitrogens with zero attached hydrogens (tertiary/aromatic N) is 2. The fourth-order valence-corrected chi connectivity index (χ4v) is 1.70. The van der Waals surface area contributed by atoms with Crippen LogP contribution < -0.4 is 16.4 Å². The first kappa shape index (κ1) is 14.5. The second kappa shape index (κ2) is 6.01. The smallest absolute Gasteiger partial charge is 0.307 e. The Morgan fingerprint density at radius 1 is 1.38 bits per heavy atom. The van der Waals surface area contributed by atoms with Crippen molar-refractivity contribution in [2.45, 2.75) is 0 Å². The van der Waals surface area contributed by atoms with Crippen LogP contribution in [0.25, 0.3) is 0 Å². The van der Waals surface area contributed by atoms with Gasteiger partial charge in [0.05, 0.1) is 21.8 Å². The highest BCUT2D eigenvalue weighted by Crippen LogP contribution is 2.16. The number of aromatic amines is 1. The maximum Gasteiger partial charge on any atom is 0.377 e. The van der Waals surface area contributed by atoms with Crippen LogP contribution in [0.4, 0.5) is 11.5 Å². The van der Waals surface area contributed by atoms with Gasteiger partial charge in [0.15, 0.2) is 0 Å². The van der Waals surface area contributed by atoms with E-state index in [0.717, 1.165) is 6.33 Å². The molecule has 2 rings (SSSR count). The maximum atomic E-state index is 11.9. The average molecular weight is 310 g/mol. The van der Waals surface area contributed by atoms with Crippen molar-refractivity contribution in [3.05, 3.63) is 61.6 Å². The highest BCUT2D eigenvalue weighted by Gasteiger charge is 2.21. The Morgan fingerprint density at radius 3 is 2.76 bits per heavy atom. The van der Waals surface area contributed by atoms with Crippen LogP contribution in [0.5, 0.6) is 0 Å². The molecule has 1 amide bonds. The molecule has 0 saturated carbocycles. The Bertz CT molecular complexity index is 760. The summed E-state index contributed by atoms with van der Waals surface area (Å²) in [4.78, 5) is 38.7. The normalized spacial score (nSPS) is 9.95. The molecule has 0 radical (unpaired) electrons. The highest BCUT2D eigenvalue weighted by atomic mass is 35.5. The molecule has 0 aliphatic heterocycles. The third kappa shape index (κ3) is 3.15. The molecule has 0 fully saturated rings. The summed E-state index contributed by atoms with van der Waals surface area (Å²) in [5, 5.41) is 11.0. The fourth-order valence-electron chi connectivity index (χ4n) is 1.48. The number of nitrogens with one attached hydrogen (secondary N) is 3. The van der Waals surface area contributed by atoms with E-state index in [1.807, 2.05) is 0 Å². The summed E-state index contributed by atoms with van der Waals surface area (Å²) >= 11 is 5.84. The molecule has 1 heterocycles. The summed E-state index contributed by atoms with van der Waals surface area (Å²) in [7, 11) is 0. The van der Waals surface area contributed by atoms with Gasteiger partial charge in [-0.3, -0.25) is 30.6 Å². The van der Waals surface area contributed by atoms with Gasteiger partial charge in [-0.2, -0.15) is 0 Å². The van der Waals surface area contributed by atoms with Crippen LogP contribution in [0.2, 0.25) is 5.02 Å². The summed E-state index contributed by atoms with van der Waals surface area (Å²) in [6.07, 6.45) is 0.972. The number of hydrogen-bond donors (Lipinski definition) is 3. The van der Waals surface area contributed by atoms with Crippen molar-refractivity contribution in [2.75, 3.05) is 5.43 Å². The number of hydrazine groups is 1. The lowest BCUT2D eigenvalue weighted by atomic mass is 10.2. The van der Waals surface area contributed by atoms with Gasteiger partial charge in [0.2, 0.25) is 5.82 Å². The molecule has 0 unspecified atom stereocenters. The lowest BCUT2D eigenvalue weighted by molar-refractivity contribution is -0.385. The topological polar surface area (TPSA) is 130 Å². The number of anilines is 1. The molecule has 10 heteroatoms. The van der Waals surface area contributed by atoms with E-state index in [0.29, 0.717) is 0 Å². The molecule has 0 aliphatic rings. The average Bonchev–Trinajstić information content (AvgIpc) is 2.44. The molecule has 2 aromatic rings. The molecule has 1 aromatic heterocycles. The Morgan fingerprint density at radius 2 is 2.10 bits per heavy atom. The van der Waals surface area contributed by atoms with Crippen LogP contribution in [0.1, 0.15) is 10.4 Å². The van der Waals surface area contributed by atoms with E-state index in [1.165, 1.54) is 12.1 Å². The van der Waals surface area contributed by atoms with E-state index >= 15 is 0 Å². The molecule has 0 aliphatic carbocycles. The van der Waals surface area contributed by atoms with Gasteiger partial charge in [-0.25, -0.2) is 4.98 Å². The second-order valence-electron chi connectivity index (χ2n) is 3.74. The summed E-state index contributed by atoms with van der Waals surface area (Å²) in [6.45, 7) is 0. The quantitative estimate of drug-likeness (QED) is 0.572. The number of carbonyl (C=O) groups is 1. The van der Waals surface area contributed by atoms with Crippen molar-refractivity contribution in [1.82, 2.24) is 15.4 Å². The van der Waals surface area contributed by atoms with Crippen molar-refractivity contribution in [3.8, 4) is 0 Å². The second-order valence-corrected chi connectivity index (χ2v) is 4.15. The van der Waals surface area contributed by atoms with Gasteiger partial charge in [0, 0.05) is 0 Å². The van der Waals surface area contributed by atoms with Gasteiger partial charge in [-0.05, 0) is 12.1 Å². The molecule has 9 nitrogen and oxygen atoms in total. The molecule has 21 heavy (non-hydrogen) atoms.